The van der Waals surface area contributed by atoms with E-state index in [2.05, 4.69) is 0 Å². The minimum atomic E-state index is -4.59. The van der Waals surface area contributed by atoms with Gasteiger partial charge in [0.15, 0.2) is 0 Å². The van der Waals surface area contributed by atoms with E-state index in [1.165, 1.54) is 0 Å². The summed E-state index contributed by atoms with van der Waals surface area (Å²) >= 11 is 0. The van der Waals surface area contributed by atoms with Crippen LogP contribution in [0.3, 0.4) is 0 Å². The fraction of sp³-hybridized carbons (Fsp3) is 1.00. The molecule has 0 aliphatic carbocycles. The van der Waals surface area contributed by atoms with Crippen LogP contribution in [0, 0.1) is 0 Å². The van der Waals surface area contributed by atoms with Crippen LogP contribution >= 0.6 is 0 Å². The fourth-order valence-electron chi connectivity index (χ4n) is 1.30. The third-order valence-corrected chi connectivity index (χ3v) is 4.11. The molecule has 9 heteroatoms. The van der Waals surface area contributed by atoms with Crippen molar-refractivity contribution in [1.29, 1.82) is 0 Å². The molecule has 0 atom stereocenters. The van der Waals surface area contributed by atoms with Gasteiger partial charge >= 0.3 is 6.18 Å². The molecule has 0 aliphatic heterocycles. The first-order valence-corrected chi connectivity index (χ1v) is 6.94. The molecule has 0 aromatic carbocycles. The van der Waals surface area contributed by atoms with Gasteiger partial charge in [-0.15, -0.1) is 0 Å². The molecule has 5 nitrogen and oxygen atoms in total. The molecule has 3 N–H and O–H groups in total. The van der Waals surface area contributed by atoms with Gasteiger partial charge in [0.25, 0.3) is 10.2 Å². The second-order valence-electron chi connectivity index (χ2n) is 4.53. The van der Waals surface area contributed by atoms with Crippen LogP contribution in [0.5, 0.6) is 0 Å². The van der Waals surface area contributed by atoms with Crippen molar-refractivity contribution in [3.8, 4) is 0 Å². The third kappa shape index (κ3) is 5.51. The molecule has 0 unspecified atom stereocenters. The molecule has 110 valence electrons. The molecule has 0 aliphatic rings. The van der Waals surface area contributed by atoms with E-state index in [-0.39, 0.29) is 13.1 Å². The Morgan fingerprint density at radius 1 is 1.28 bits per heavy atom. The predicted molar refractivity (Wildman–Crippen MR) is 63.1 cm³/mol. The monoisotopic (exact) mass is 291 g/mol. The smallest absolute Gasteiger partial charge is 0.329 e. The van der Waals surface area contributed by atoms with Crippen molar-refractivity contribution in [1.82, 2.24) is 9.03 Å². The van der Waals surface area contributed by atoms with E-state index in [1.54, 1.807) is 25.5 Å². The normalized spacial score (nSPS) is 14.2. The molecule has 0 aromatic heterocycles. The van der Waals surface area contributed by atoms with Gasteiger partial charge in [-0.25, -0.2) is 0 Å². The molecule has 18 heavy (non-hydrogen) atoms. The standard InChI is InChI=1S/C9H20F3N3O2S/c1-4-5-15(8(2,3)6-13)18(16,17)14-7-9(10,11)12/h14H,4-7,13H2,1-3H3. The summed E-state index contributed by atoms with van der Waals surface area (Å²) in [5.74, 6) is 0. The molecule has 0 saturated heterocycles. The van der Waals surface area contributed by atoms with E-state index in [9.17, 15) is 21.6 Å². The van der Waals surface area contributed by atoms with Crippen molar-refractivity contribution in [2.45, 2.75) is 38.9 Å². The maximum atomic E-state index is 12.0. The highest BCUT2D eigenvalue weighted by atomic mass is 32.2. The Bertz CT molecular complexity index is 355. The number of alkyl halides is 3. The highest BCUT2D eigenvalue weighted by Gasteiger charge is 2.37. The summed E-state index contributed by atoms with van der Waals surface area (Å²) in [5, 5.41) is 0. The van der Waals surface area contributed by atoms with Crippen molar-refractivity contribution >= 4 is 10.2 Å². The lowest BCUT2D eigenvalue weighted by Gasteiger charge is -2.36. The number of nitrogens with zero attached hydrogens (tertiary/aromatic N) is 1. The lowest BCUT2D eigenvalue weighted by atomic mass is 10.1. The Morgan fingerprint density at radius 2 is 1.78 bits per heavy atom. The second-order valence-corrected chi connectivity index (χ2v) is 6.21. The van der Waals surface area contributed by atoms with Gasteiger partial charge in [0.05, 0.1) is 0 Å². The zero-order valence-electron chi connectivity index (χ0n) is 10.7. The molecule has 0 aromatic rings. The lowest BCUT2D eigenvalue weighted by Crippen LogP contribution is -2.56. The van der Waals surface area contributed by atoms with Crippen LogP contribution in [0.4, 0.5) is 13.2 Å². The van der Waals surface area contributed by atoms with Gasteiger partial charge in [-0.1, -0.05) is 6.92 Å². The molecule has 0 rings (SSSR count). The van der Waals surface area contributed by atoms with Crippen LogP contribution in [0.25, 0.3) is 0 Å². The van der Waals surface area contributed by atoms with Gasteiger partial charge in [-0.2, -0.15) is 30.6 Å². The first kappa shape index (κ1) is 17.6. The molecule has 0 amide bonds. The van der Waals surface area contributed by atoms with Crippen molar-refractivity contribution in [3.05, 3.63) is 0 Å². The second kappa shape index (κ2) is 6.18. The summed E-state index contributed by atoms with van der Waals surface area (Å²) in [5.41, 5.74) is 4.52. The summed E-state index contributed by atoms with van der Waals surface area (Å²) in [6.45, 7) is 3.40. The molecular weight excluding hydrogens is 271 g/mol. The van der Waals surface area contributed by atoms with Gasteiger partial charge in [-0.3, -0.25) is 0 Å². The number of nitrogens with two attached hydrogens (primary N) is 1. The van der Waals surface area contributed by atoms with E-state index in [0.717, 1.165) is 4.31 Å². The Kier molecular flexibility index (Phi) is 6.05. The third-order valence-electron chi connectivity index (χ3n) is 2.35. The summed E-state index contributed by atoms with van der Waals surface area (Å²) in [6.07, 6.45) is -4.10. The minimum absolute atomic E-state index is 0.0138. The van der Waals surface area contributed by atoms with Crippen LogP contribution in [-0.4, -0.2) is 44.1 Å². The highest BCUT2D eigenvalue weighted by molar-refractivity contribution is 7.87. The number of hydrogen-bond donors (Lipinski definition) is 2. The molecule has 0 heterocycles. The Hall–Kier alpha value is -0.380. The number of nitrogens with one attached hydrogen (secondary N) is 1. The van der Waals surface area contributed by atoms with Crippen molar-refractivity contribution in [3.63, 3.8) is 0 Å². The van der Waals surface area contributed by atoms with Crippen LogP contribution in [0.1, 0.15) is 27.2 Å². The maximum Gasteiger partial charge on any atom is 0.402 e. The first-order valence-electron chi connectivity index (χ1n) is 5.50. The first-order chi connectivity index (χ1) is 7.96. The van der Waals surface area contributed by atoms with Gasteiger partial charge < -0.3 is 5.73 Å². The lowest BCUT2D eigenvalue weighted by molar-refractivity contribution is -0.121. The molecule has 0 radical (unpaired) electrons. The van der Waals surface area contributed by atoms with Crippen molar-refractivity contribution in [2.75, 3.05) is 19.6 Å². The maximum absolute atomic E-state index is 12.0. The van der Waals surface area contributed by atoms with Gasteiger partial charge in [0, 0.05) is 18.6 Å². The van der Waals surface area contributed by atoms with Crippen LogP contribution in [-0.2, 0) is 10.2 Å². The van der Waals surface area contributed by atoms with Gasteiger partial charge in [0.1, 0.15) is 6.54 Å². The van der Waals surface area contributed by atoms with Crippen LogP contribution in [0.2, 0.25) is 0 Å². The Balaban J connectivity index is 5.00. The van der Waals surface area contributed by atoms with Crippen molar-refractivity contribution in [2.24, 2.45) is 5.73 Å². The Morgan fingerprint density at radius 3 is 2.11 bits per heavy atom. The van der Waals surface area contributed by atoms with E-state index in [4.69, 9.17) is 5.73 Å². The molecule has 0 fully saturated rings. The average molecular weight is 291 g/mol. The van der Waals surface area contributed by atoms with Crippen LogP contribution < -0.4 is 10.5 Å². The largest absolute Gasteiger partial charge is 0.402 e. The van der Waals surface area contributed by atoms with Crippen molar-refractivity contribution < 1.29 is 21.6 Å². The zero-order chi connectivity index (χ0) is 14.6. The Labute approximate surface area is 106 Å². The quantitative estimate of drug-likeness (QED) is 0.729. The minimum Gasteiger partial charge on any atom is -0.329 e. The van der Waals surface area contributed by atoms with E-state index >= 15 is 0 Å². The number of hydrogen-bond acceptors (Lipinski definition) is 3. The van der Waals surface area contributed by atoms with E-state index in [0.29, 0.717) is 6.42 Å². The molecule has 0 bridgehead atoms. The molecule has 0 saturated carbocycles. The molecule has 0 spiro atoms. The van der Waals surface area contributed by atoms with Gasteiger partial charge in [0.2, 0.25) is 0 Å². The zero-order valence-corrected chi connectivity index (χ0v) is 11.5. The fourth-order valence-corrected chi connectivity index (χ4v) is 2.95. The number of rotatable bonds is 7. The van der Waals surface area contributed by atoms with E-state index < -0.39 is 28.5 Å². The highest BCUT2D eigenvalue weighted by Crippen LogP contribution is 2.19. The molecular formula is C9H20F3N3O2S. The van der Waals surface area contributed by atoms with E-state index in [1.807, 2.05) is 0 Å². The summed E-state index contributed by atoms with van der Waals surface area (Å²) in [6, 6.07) is 0. The summed E-state index contributed by atoms with van der Waals surface area (Å²) < 4.78 is 62.3. The predicted octanol–water partition coefficient (Wildman–Crippen LogP) is 0.832. The van der Waals surface area contributed by atoms with Crippen LogP contribution in [0.15, 0.2) is 0 Å². The topological polar surface area (TPSA) is 75.4 Å². The number of halogens is 3. The summed E-state index contributed by atoms with van der Waals surface area (Å²) in [7, 11) is -4.20. The summed E-state index contributed by atoms with van der Waals surface area (Å²) in [4.78, 5) is 0. The average Bonchev–Trinajstić information content (AvgIpc) is 2.22. The SMILES string of the molecule is CCCN(C(C)(C)CN)S(=O)(=O)NCC(F)(F)F. The van der Waals surface area contributed by atoms with Gasteiger partial charge in [-0.05, 0) is 20.3 Å².